The third-order valence-corrected chi connectivity index (χ3v) is 5.26. The number of aliphatic carboxylic acids is 2. The number of rotatable bonds is 11. The van der Waals surface area contributed by atoms with Crippen molar-refractivity contribution in [3.63, 3.8) is 0 Å². The van der Waals surface area contributed by atoms with E-state index >= 15 is 0 Å². The van der Waals surface area contributed by atoms with Crippen LogP contribution in [0.5, 0.6) is 0 Å². The molecule has 0 radical (unpaired) electrons. The Hall–Kier alpha value is -5.27. The van der Waals surface area contributed by atoms with Gasteiger partial charge < -0.3 is 46.7 Å². The third-order valence-electron chi connectivity index (χ3n) is 4.97. The lowest BCUT2D eigenvalue weighted by Crippen LogP contribution is -2.47. The zero-order chi connectivity index (χ0) is 36.3. The minimum atomic E-state index is -1.44. The summed E-state index contributed by atoms with van der Waals surface area (Å²) in [7, 11) is 0. The van der Waals surface area contributed by atoms with Crippen molar-refractivity contribution in [2.45, 2.75) is 71.8 Å². The number of ether oxygens (including phenoxy) is 2. The highest BCUT2D eigenvalue weighted by molar-refractivity contribution is 6.32. The number of hydrogen-bond donors (Lipinski definition) is 7. The molecule has 0 spiro atoms. The first-order valence-electron chi connectivity index (χ1n) is 13.5. The second kappa shape index (κ2) is 16.9. The molecule has 0 bridgehead atoms. The zero-order valence-electron chi connectivity index (χ0n) is 26.5. The highest BCUT2D eigenvalue weighted by atomic mass is 35.5. The highest BCUT2D eigenvalue weighted by Gasteiger charge is 2.26. The number of nitrogens with two attached hydrogens (primary N) is 1. The molecule has 0 aliphatic carbocycles. The summed E-state index contributed by atoms with van der Waals surface area (Å²) in [6.45, 7) is 10.9. The number of alkyl carbamates (subject to hydrolysis) is 2. The average molecular weight is 690 g/mol. The molecule has 19 nitrogen and oxygen atoms in total. The van der Waals surface area contributed by atoms with Gasteiger partial charge in [-0.2, -0.15) is 0 Å². The van der Waals surface area contributed by atoms with Gasteiger partial charge >= 0.3 is 29.8 Å². The minimum absolute atomic E-state index is 0.0620. The normalized spacial score (nSPS) is 12.3. The minimum Gasteiger partial charge on any atom is -0.480 e. The smallest absolute Gasteiger partial charge is 0.408 e. The van der Waals surface area contributed by atoms with Gasteiger partial charge in [0, 0.05) is 13.1 Å². The number of carboxylic acid groups (broad SMARTS) is 2. The number of pyridine rings is 1. The molecule has 0 fully saturated rings. The van der Waals surface area contributed by atoms with Crippen LogP contribution in [0.25, 0.3) is 0 Å². The van der Waals surface area contributed by atoms with Crippen molar-refractivity contribution in [1.82, 2.24) is 25.6 Å². The number of carbonyl (C=O) groups excluding carboxylic acids is 2. The summed E-state index contributed by atoms with van der Waals surface area (Å²) in [4.78, 5) is 67.1. The fourth-order valence-electron chi connectivity index (χ4n) is 3.08. The Balaban J connectivity index is 0.000000470. The van der Waals surface area contributed by atoms with Crippen LogP contribution in [0.15, 0.2) is 12.3 Å². The van der Waals surface area contributed by atoms with Crippen LogP contribution in [-0.4, -0.2) is 90.6 Å². The molecule has 2 heterocycles. The Morgan fingerprint density at radius 3 is 1.81 bits per heavy atom. The molecule has 2 atom stereocenters. The summed E-state index contributed by atoms with van der Waals surface area (Å²) in [5.74, 6) is -3.29. The molecule has 0 saturated heterocycles. The number of carbonyl (C=O) groups is 4. The molecule has 8 N–H and O–H groups in total. The van der Waals surface area contributed by atoms with Gasteiger partial charge in [0.1, 0.15) is 40.6 Å². The van der Waals surface area contributed by atoms with E-state index in [2.05, 4.69) is 36.2 Å². The van der Waals surface area contributed by atoms with Crippen LogP contribution in [0, 0.1) is 22.9 Å². The molecular formula is C26H37ClFN9O10. The van der Waals surface area contributed by atoms with Crippen molar-refractivity contribution in [2.24, 2.45) is 0 Å². The summed E-state index contributed by atoms with van der Waals surface area (Å²) >= 11 is 5.83. The second-order valence-corrected chi connectivity index (χ2v) is 11.8. The molecule has 0 unspecified atom stereocenters. The standard InChI is InChI=1S/C13H20ClN5O4.C13H17FN4O6/c1-6-17-9(14)8(15)10(18-6)16-5-7(11(20)21)19-12(22)23-13(2,3)4;1-13(2,3)24-12(21)17-8(11(19)20)6-16-10-9(18(22)23)4-7(14)5-15-10/h7H,5,15H2,1-4H3,(H,19,22)(H,20,21)(H,16,17,18);4-5,8H,6H2,1-3H3,(H,15,16)(H,17,21)(H,19,20)/t7-;8-/m00/s1. The highest BCUT2D eigenvalue weighted by Crippen LogP contribution is 2.24. The maximum absolute atomic E-state index is 13.0. The first-order chi connectivity index (χ1) is 21.5. The number of amides is 2. The molecule has 2 aromatic rings. The number of nitrogens with zero attached hydrogens (tertiary/aromatic N) is 4. The SMILES string of the molecule is CC(C)(C)OC(=O)N[C@@H](CNc1ncc(F)cc1[N+](=O)[O-])C(=O)O.Cc1nc(Cl)c(N)c(NC[C@H](NC(=O)OC(C)(C)C)C(=O)O)n1. The van der Waals surface area contributed by atoms with Gasteiger partial charge in [-0.3, -0.25) is 10.1 Å². The summed E-state index contributed by atoms with van der Waals surface area (Å²) in [6.07, 6.45) is -1.05. The van der Waals surface area contributed by atoms with Gasteiger partial charge in [0.2, 0.25) is 5.82 Å². The van der Waals surface area contributed by atoms with E-state index in [9.17, 15) is 38.8 Å². The number of aryl methyl sites for hydroxylation is 1. The van der Waals surface area contributed by atoms with Crippen molar-refractivity contribution >= 4 is 58.7 Å². The van der Waals surface area contributed by atoms with E-state index in [4.69, 9.17) is 31.9 Å². The topological polar surface area (TPSA) is 283 Å². The van der Waals surface area contributed by atoms with E-state index < -0.39 is 70.4 Å². The maximum Gasteiger partial charge on any atom is 0.408 e. The summed E-state index contributed by atoms with van der Waals surface area (Å²) in [5, 5.41) is 38.7. The summed E-state index contributed by atoms with van der Waals surface area (Å²) in [5.41, 5.74) is 3.60. The van der Waals surface area contributed by atoms with Crippen LogP contribution in [0.3, 0.4) is 0 Å². The number of carboxylic acids is 2. The molecule has 47 heavy (non-hydrogen) atoms. The Labute approximate surface area is 272 Å². The van der Waals surface area contributed by atoms with Gasteiger partial charge in [-0.25, -0.2) is 38.5 Å². The fraction of sp³-hybridized carbons (Fsp3) is 0.500. The molecule has 0 aliphatic rings. The van der Waals surface area contributed by atoms with Crippen molar-refractivity contribution in [3.05, 3.63) is 39.2 Å². The van der Waals surface area contributed by atoms with E-state index in [1.807, 2.05) is 0 Å². The van der Waals surface area contributed by atoms with Crippen LogP contribution in [-0.2, 0) is 19.1 Å². The summed E-state index contributed by atoms with van der Waals surface area (Å²) < 4.78 is 23.0. The largest absolute Gasteiger partial charge is 0.480 e. The molecule has 2 rings (SSSR count). The molecule has 0 aromatic carbocycles. The first-order valence-corrected chi connectivity index (χ1v) is 13.9. The molecule has 21 heteroatoms. The van der Waals surface area contributed by atoms with Gasteiger partial charge in [-0.05, 0) is 48.5 Å². The lowest BCUT2D eigenvalue weighted by molar-refractivity contribution is -0.384. The number of nitro groups is 1. The molecule has 260 valence electrons. The van der Waals surface area contributed by atoms with Crippen LogP contribution < -0.4 is 27.0 Å². The van der Waals surface area contributed by atoms with Gasteiger partial charge in [0.05, 0.1) is 17.2 Å². The average Bonchev–Trinajstić information content (AvgIpc) is 2.89. The molecule has 0 aliphatic heterocycles. The van der Waals surface area contributed by atoms with Crippen LogP contribution in [0.4, 0.5) is 37.0 Å². The van der Waals surface area contributed by atoms with Crippen molar-refractivity contribution < 1.29 is 48.2 Å². The Bertz CT molecular complexity index is 1470. The van der Waals surface area contributed by atoms with E-state index in [1.54, 1.807) is 48.5 Å². The lowest BCUT2D eigenvalue weighted by atomic mass is 10.2. The van der Waals surface area contributed by atoms with E-state index in [-0.39, 0.29) is 29.0 Å². The number of aromatic nitrogens is 3. The molecule has 0 saturated carbocycles. The number of nitrogens with one attached hydrogen (secondary N) is 4. The molecule has 2 amide bonds. The lowest BCUT2D eigenvalue weighted by Gasteiger charge is -2.22. The fourth-order valence-corrected chi connectivity index (χ4v) is 3.29. The van der Waals surface area contributed by atoms with Crippen molar-refractivity contribution in [2.75, 3.05) is 29.5 Å². The quantitative estimate of drug-likeness (QED) is 0.101. The number of nitrogen functional groups attached to an aromatic ring is 1. The van der Waals surface area contributed by atoms with Gasteiger partial charge in [0.15, 0.2) is 11.0 Å². The molecular weight excluding hydrogens is 653 g/mol. The zero-order valence-corrected chi connectivity index (χ0v) is 27.3. The molecule has 2 aromatic heterocycles. The van der Waals surface area contributed by atoms with Gasteiger partial charge in [-0.1, -0.05) is 11.6 Å². The Morgan fingerprint density at radius 1 is 0.957 bits per heavy atom. The summed E-state index contributed by atoms with van der Waals surface area (Å²) in [6, 6.07) is -2.03. The Kier molecular flexibility index (Phi) is 14.3. The van der Waals surface area contributed by atoms with E-state index in [0.29, 0.717) is 11.9 Å². The number of hydrogen-bond acceptors (Lipinski definition) is 14. The predicted octanol–water partition coefficient (Wildman–Crippen LogP) is 2.93. The number of halogens is 2. The maximum atomic E-state index is 13.0. The van der Waals surface area contributed by atoms with Gasteiger partial charge in [0.25, 0.3) is 0 Å². The van der Waals surface area contributed by atoms with Crippen LogP contribution in [0.2, 0.25) is 5.15 Å². The predicted molar refractivity (Wildman–Crippen MR) is 166 cm³/mol. The Morgan fingerprint density at radius 2 is 1.40 bits per heavy atom. The second-order valence-electron chi connectivity index (χ2n) is 11.4. The van der Waals surface area contributed by atoms with Gasteiger partial charge in [-0.15, -0.1) is 0 Å². The monoisotopic (exact) mass is 689 g/mol. The number of anilines is 3. The van der Waals surface area contributed by atoms with E-state index in [1.165, 1.54) is 0 Å². The van der Waals surface area contributed by atoms with Crippen molar-refractivity contribution in [3.8, 4) is 0 Å². The van der Waals surface area contributed by atoms with Crippen LogP contribution in [0.1, 0.15) is 47.4 Å². The van der Waals surface area contributed by atoms with Crippen molar-refractivity contribution in [1.29, 1.82) is 0 Å². The van der Waals surface area contributed by atoms with E-state index in [0.717, 1.165) is 6.20 Å². The first kappa shape index (κ1) is 39.8. The third kappa shape index (κ3) is 15.0. The van der Waals surface area contributed by atoms with Crippen LogP contribution >= 0.6 is 11.6 Å².